The second kappa shape index (κ2) is 10.4. The van der Waals surface area contributed by atoms with Gasteiger partial charge in [-0.1, -0.05) is 39.5 Å². The van der Waals surface area contributed by atoms with Crippen LogP contribution in [0.25, 0.3) is 0 Å². The molecule has 1 fully saturated rings. The standard InChI is InChI=1S/C18H30O4/c1-4-6-12-21-17(19)14(3)16(15-10-8-9-11-15)18(20)22-13-7-5-2/h15H,4-13H2,1-3H3. The fourth-order valence-electron chi connectivity index (χ4n) is 2.75. The maximum absolute atomic E-state index is 12.4. The van der Waals surface area contributed by atoms with E-state index in [4.69, 9.17) is 9.47 Å². The summed E-state index contributed by atoms with van der Waals surface area (Å²) in [6.45, 7) is 6.63. The minimum absolute atomic E-state index is 0.146. The minimum Gasteiger partial charge on any atom is -0.462 e. The average molecular weight is 310 g/mol. The molecule has 0 aromatic rings. The van der Waals surface area contributed by atoms with E-state index in [-0.39, 0.29) is 17.9 Å². The Kier molecular flexibility index (Phi) is 8.86. The summed E-state index contributed by atoms with van der Waals surface area (Å²) < 4.78 is 10.6. The van der Waals surface area contributed by atoms with Crippen molar-refractivity contribution in [3.63, 3.8) is 0 Å². The Hall–Kier alpha value is -1.32. The van der Waals surface area contributed by atoms with Crippen molar-refractivity contribution in [3.05, 3.63) is 11.1 Å². The molecule has 0 radical (unpaired) electrons. The highest BCUT2D eigenvalue weighted by Crippen LogP contribution is 2.33. The van der Waals surface area contributed by atoms with Crippen molar-refractivity contribution >= 4 is 11.9 Å². The van der Waals surface area contributed by atoms with Crippen molar-refractivity contribution in [2.45, 2.75) is 72.1 Å². The second-order valence-corrected chi connectivity index (χ2v) is 6.00. The fraction of sp³-hybridized carbons (Fsp3) is 0.778. The van der Waals surface area contributed by atoms with E-state index in [1.165, 1.54) is 0 Å². The van der Waals surface area contributed by atoms with Gasteiger partial charge < -0.3 is 9.47 Å². The molecule has 0 atom stereocenters. The molecule has 0 aromatic heterocycles. The van der Waals surface area contributed by atoms with Gasteiger partial charge in [0.15, 0.2) is 0 Å². The molecule has 0 unspecified atom stereocenters. The summed E-state index contributed by atoms with van der Waals surface area (Å²) in [6, 6.07) is 0. The number of hydrogen-bond donors (Lipinski definition) is 0. The topological polar surface area (TPSA) is 52.6 Å². The molecule has 4 heteroatoms. The van der Waals surface area contributed by atoms with E-state index in [0.29, 0.717) is 24.4 Å². The number of esters is 2. The molecule has 0 aromatic carbocycles. The first kappa shape index (κ1) is 18.7. The highest BCUT2D eigenvalue weighted by molar-refractivity contribution is 6.00. The van der Waals surface area contributed by atoms with Crippen molar-refractivity contribution in [2.24, 2.45) is 5.92 Å². The normalized spacial score (nSPS) is 16.3. The first-order chi connectivity index (χ1) is 10.6. The molecule has 22 heavy (non-hydrogen) atoms. The van der Waals surface area contributed by atoms with Gasteiger partial charge in [0.2, 0.25) is 0 Å². The van der Waals surface area contributed by atoms with Gasteiger partial charge in [0.05, 0.1) is 18.8 Å². The van der Waals surface area contributed by atoms with Gasteiger partial charge in [-0.05, 0) is 38.5 Å². The van der Waals surface area contributed by atoms with Crippen molar-refractivity contribution in [1.29, 1.82) is 0 Å². The number of ether oxygens (including phenoxy) is 2. The van der Waals surface area contributed by atoms with E-state index in [1.54, 1.807) is 6.92 Å². The molecule has 1 saturated carbocycles. The molecule has 126 valence electrons. The minimum atomic E-state index is -0.372. The van der Waals surface area contributed by atoms with Crippen molar-refractivity contribution in [3.8, 4) is 0 Å². The van der Waals surface area contributed by atoms with Crippen LogP contribution in [0.15, 0.2) is 11.1 Å². The van der Waals surface area contributed by atoms with Crippen molar-refractivity contribution in [1.82, 2.24) is 0 Å². The number of unbranched alkanes of at least 4 members (excludes halogenated alkanes) is 2. The lowest BCUT2D eigenvalue weighted by Gasteiger charge is -2.17. The number of carbonyl (C=O) groups excluding carboxylic acids is 2. The van der Waals surface area contributed by atoms with E-state index in [1.807, 2.05) is 6.92 Å². The third-order valence-electron chi connectivity index (χ3n) is 4.16. The van der Waals surface area contributed by atoms with Gasteiger partial charge in [-0.25, -0.2) is 9.59 Å². The molecule has 0 aliphatic heterocycles. The van der Waals surface area contributed by atoms with E-state index in [9.17, 15) is 9.59 Å². The fourth-order valence-corrected chi connectivity index (χ4v) is 2.75. The Morgan fingerprint density at radius 3 is 1.91 bits per heavy atom. The Labute approximate surface area is 134 Å². The van der Waals surface area contributed by atoms with Crippen LogP contribution in [0.2, 0.25) is 0 Å². The summed E-state index contributed by atoms with van der Waals surface area (Å²) >= 11 is 0. The molecular formula is C18H30O4. The highest BCUT2D eigenvalue weighted by Gasteiger charge is 2.30. The number of rotatable bonds is 9. The van der Waals surface area contributed by atoms with Crippen molar-refractivity contribution < 1.29 is 19.1 Å². The van der Waals surface area contributed by atoms with Crippen LogP contribution in [0.4, 0.5) is 0 Å². The Balaban J connectivity index is 2.79. The van der Waals surface area contributed by atoms with Crippen LogP contribution in [0.3, 0.4) is 0 Å². The van der Waals surface area contributed by atoms with Gasteiger partial charge in [-0.15, -0.1) is 0 Å². The molecule has 0 spiro atoms. The third-order valence-corrected chi connectivity index (χ3v) is 4.16. The third kappa shape index (κ3) is 5.82. The molecular weight excluding hydrogens is 280 g/mol. The predicted octanol–water partition coefficient (Wildman–Crippen LogP) is 4.18. The van der Waals surface area contributed by atoms with E-state index >= 15 is 0 Å². The van der Waals surface area contributed by atoms with E-state index in [0.717, 1.165) is 51.4 Å². The highest BCUT2D eigenvalue weighted by atomic mass is 16.5. The quantitative estimate of drug-likeness (QED) is 0.364. The molecule has 0 amide bonds. The Bertz CT molecular complexity index is 392. The molecule has 1 rings (SSSR count). The predicted molar refractivity (Wildman–Crippen MR) is 86.4 cm³/mol. The van der Waals surface area contributed by atoms with Gasteiger partial charge in [-0.2, -0.15) is 0 Å². The van der Waals surface area contributed by atoms with E-state index in [2.05, 4.69) is 6.92 Å². The monoisotopic (exact) mass is 310 g/mol. The SMILES string of the molecule is CCCCOC(=O)C(C)=C(C(=O)OCCCC)C1CCCC1. The lowest BCUT2D eigenvalue weighted by molar-refractivity contribution is -0.143. The summed E-state index contributed by atoms with van der Waals surface area (Å²) in [7, 11) is 0. The van der Waals surface area contributed by atoms with Crippen LogP contribution in [0.1, 0.15) is 72.1 Å². The summed E-state index contributed by atoms with van der Waals surface area (Å²) in [4.78, 5) is 24.6. The lowest BCUT2D eigenvalue weighted by atomic mass is 9.93. The molecule has 1 aliphatic carbocycles. The first-order valence-corrected chi connectivity index (χ1v) is 8.66. The van der Waals surface area contributed by atoms with Crippen LogP contribution in [0, 0.1) is 5.92 Å². The zero-order valence-corrected chi connectivity index (χ0v) is 14.3. The summed E-state index contributed by atoms with van der Waals surface area (Å²) in [5.74, 6) is -0.555. The molecule has 0 heterocycles. The lowest BCUT2D eigenvalue weighted by Crippen LogP contribution is -2.20. The van der Waals surface area contributed by atoms with Crippen LogP contribution >= 0.6 is 0 Å². The number of carbonyl (C=O) groups is 2. The van der Waals surface area contributed by atoms with Crippen LogP contribution in [-0.4, -0.2) is 25.2 Å². The maximum Gasteiger partial charge on any atom is 0.334 e. The summed E-state index contributed by atoms with van der Waals surface area (Å²) in [5, 5.41) is 0. The zero-order valence-electron chi connectivity index (χ0n) is 14.3. The smallest absolute Gasteiger partial charge is 0.334 e. The molecule has 4 nitrogen and oxygen atoms in total. The van der Waals surface area contributed by atoms with Gasteiger partial charge in [-0.3, -0.25) is 0 Å². The summed E-state index contributed by atoms with van der Waals surface area (Å²) in [6.07, 6.45) is 7.78. The van der Waals surface area contributed by atoms with Crippen LogP contribution in [0.5, 0.6) is 0 Å². The average Bonchev–Trinajstić information content (AvgIpc) is 3.01. The zero-order chi connectivity index (χ0) is 16.4. The Morgan fingerprint density at radius 2 is 1.41 bits per heavy atom. The van der Waals surface area contributed by atoms with Crippen molar-refractivity contribution in [2.75, 3.05) is 13.2 Å². The number of hydrogen-bond acceptors (Lipinski definition) is 4. The maximum atomic E-state index is 12.4. The van der Waals surface area contributed by atoms with Gasteiger partial charge >= 0.3 is 11.9 Å². The molecule has 0 bridgehead atoms. The second-order valence-electron chi connectivity index (χ2n) is 6.00. The largest absolute Gasteiger partial charge is 0.462 e. The van der Waals surface area contributed by atoms with Gasteiger partial charge in [0.1, 0.15) is 0 Å². The van der Waals surface area contributed by atoms with Crippen LogP contribution < -0.4 is 0 Å². The van der Waals surface area contributed by atoms with Gasteiger partial charge in [0.25, 0.3) is 0 Å². The summed E-state index contributed by atoms with van der Waals surface area (Å²) in [5.41, 5.74) is 0.986. The Morgan fingerprint density at radius 1 is 0.909 bits per heavy atom. The van der Waals surface area contributed by atoms with E-state index < -0.39 is 0 Å². The molecule has 1 aliphatic rings. The van der Waals surface area contributed by atoms with Crippen LogP contribution in [-0.2, 0) is 19.1 Å². The molecule has 0 saturated heterocycles. The molecule has 0 N–H and O–H groups in total. The first-order valence-electron chi connectivity index (χ1n) is 8.66. The van der Waals surface area contributed by atoms with Gasteiger partial charge in [0, 0.05) is 5.57 Å².